The number of halogens is 7. The molecule has 176 valence electrons. The quantitative estimate of drug-likeness (QED) is 0.658. The fraction of sp³-hybridized carbons (Fsp3) is 0.368. The van der Waals surface area contributed by atoms with Crippen LogP contribution in [0.4, 0.5) is 36.4 Å². The number of hydrogen-bond acceptors (Lipinski definition) is 4. The number of nitrogens with zero attached hydrogens (tertiary/aromatic N) is 2. The smallest absolute Gasteiger partial charge is 0.372 e. The largest absolute Gasteiger partial charge is 0.427 e. The maximum Gasteiger partial charge on any atom is 0.427 e. The lowest BCUT2D eigenvalue weighted by Crippen LogP contribution is -2.49. The molecule has 3 rings (SSSR count). The molecule has 1 saturated heterocycles. The van der Waals surface area contributed by atoms with E-state index in [2.05, 4.69) is 0 Å². The van der Waals surface area contributed by atoms with E-state index in [1.807, 2.05) is 0 Å². The number of piperazine rings is 1. The van der Waals surface area contributed by atoms with E-state index in [-0.39, 0.29) is 31.9 Å². The van der Waals surface area contributed by atoms with Gasteiger partial charge in [-0.25, -0.2) is 26.0 Å². The molecule has 0 spiro atoms. The van der Waals surface area contributed by atoms with Crippen molar-refractivity contribution in [1.82, 2.24) is 4.31 Å². The molecule has 1 fully saturated rings. The zero-order valence-corrected chi connectivity index (χ0v) is 17.0. The summed E-state index contributed by atoms with van der Waals surface area (Å²) in [7, 11) is -4.14. The van der Waals surface area contributed by atoms with Crippen LogP contribution in [0.3, 0.4) is 0 Å². The third kappa shape index (κ3) is 4.16. The molecule has 32 heavy (non-hydrogen) atoms. The molecule has 1 atom stereocenters. The molecular weight excluding hydrogens is 469 g/mol. The number of alkyl halides is 5. The Morgan fingerprint density at radius 3 is 2.00 bits per heavy atom. The zero-order valence-electron chi connectivity index (χ0n) is 16.2. The van der Waals surface area contributed by atoms with E-state index in [9.17, 15) is 44.3 Å². The van der Waals surface area contributed by atoms with Gasteiger partial charge in [-0.1, -0.05) is 18.2 Å². The first-order chi connectivity index (χ1) is 14.8. The van der Waals surface area contributed by atoms with E-state index in [0.717, 1.165) is 22.5 Å². The summed E-state index contributed by atoms with van der Waals surface area (Å²) in [6, 6.07) is 6.71. The lowest BCUT2D eigenvalue weighted by atomic mass is 9.92. The van der Waals surface area contributed by atoms with Crippen molar-refractivity contribution in [2.45, 2.75) is 23.1 Å². The molecule has 1 aliphatic rings. The molecule has 1 aliphatic heterocycles. The van der Waals surface area contributed by atoms with Gasteiger partial charge in [-0.05, 0) is 24.3 Å². The normalized spacial score (nSPS) is 18.1. The maximum absolute atomic E-state index is 14.4. The van der Waals surface area contributed by atoms with Crippen molar-refractivity contribution in [2.24, 2.45) is 0 Å². The summed E-state index contributed by atoms with van der Waals surface area (Å²) in [5.41, 5.74) is -6.29. The van der Waals surface area contributed by atoms with E-state index in [1.54, 1.807) is 0 Å². The van der Waals surface area contributed by atoms with Gasteiger partial charge in [0.1, 0.15) is 16.5 Å². The minimum atomic E-state index is -5.82. The van der Waals surface area contributed by atoms with E-state index in [0.29, 0.717) is 12.1 Å². The number of rotatable bonds is 5. The predicted molar refractivity (Wildman–Crippen MR) is 99.7 cm³/mol. The Labute approximate surface area is 178 Å². The lowest BCUT2D eigenvalue weighted by molar-refractivity contribution is -0.306. The topological polar surface area (TPSA) is 60.9 Å². The SMILES string of the molecule is O=S(=O)(c1ccccc1F)N1CCN(c2ccc(C(O)(C(F)F)C(F)(F)F)c(F)c2)CC1. The van der Waals surface area contributed by atoms with Gasteiger partial charge < -0.3 is 10.0 Å². The van der Waals surface area contributed by atoms with Crippen LogP contribution in [0.15, 0.2) is 47.4 Å². The van der Waals surface area contributed by atoms with Crippen LogP contribution in [0.25, 0.3) is 0 Å². The van der Waals surface area contributed by atoms with Crippen molar-refractivity contribution in [3.63, 3.8) is 0 Å². The Balaban J connectivity index is 1.80. The second-order valence-electron chi connectivity index (χ2n) is 7.05. The average Bonchev–Trinajstić information content (AvgIpc) is 2.72. The highest BCUT2D eigenvalue weighted by molar-refractivity contribution is 7.89. The van der Waals surface area contributed by atoms with E-state index in [4.69, 9.17) is 0 Å². The van der Waals surface area contributed by atoms with Crippen molar-refractivity contribution in [3.8, 4) is 0 Å². The molecule has 5 nitrogen and oxygen atoms in total. The van der Waals surface area contributed by atoms with Crippen LogP contribution < -0.4 is 4.90 Å². The van der Waals surface area contributed by atoms with Crippen LogP contribution in [-0.4, -0.2) is 56.6 Å². The summed E-state index contributed by atoms with van der Waals surface area (Å²) in [5, 5.41) is 9.50. The van der Waals surface area contributed by atoms with Gasteiger partial charge >= 0.3 is 6.18 Å². The van der Waals surface area contributed by atoms with Crippen LogP contribution in [0, 0.1) is 11.6 Å². The third-order valence-electron chi connectivity index (χ3n) is 5.17. The Morgan fingerprint density at radius 2 is 1.50 bits per heavy atom. The van der Waals surface area contributed by atoms with Gasteiger partial charge in [-0.2, -0.15) is 17.5 Å². The number of aliphatic hydroxyl groups is 1. The Kier molecular flexibility index (Phi) is 6.46. The van der Waals surface area contributed by atoms with Gasteiger partial charge in [0.15, 0.2) is 0 Å². The monoisotopic (exact) mass is 486 g/mol. The molecule has 0 saturated carbocycles. The van der Waals surface area contributed by atoms with E-state index < -0.39 is 50.3 Å². The van der Waals surface area contributed by atoms with E-state index >= 15 is 0 Å². The van der Waals surface area contributed by atoms with Crippen molar-refractivity contribution in [1.29, 1.82) is 0 Å². The van der Waals surface area contributed by atoms with Gasteiger partial charge in [-0.15, -0.1) is 0 Å². The Hall–Kier alpha value is -2.38. The van der Waals surface area contributed by atoms with Crippen LogP contribution in [0.5, 0.6) is 0 Å². The molecule has 0 aromatic heterocycles. The third-order valence-corrected chi connectivity index (χ3v) is 7.10. The fourth-order valence-electron chi connectivity index (χ4n) is 3.38. The number of sulfonamides is 1. The Morgan fingerprint density at radius 1 is 0.906 bits per heavy atom. The predicted octanol–water partition coefficient (Wildman–Crippen LogP) is 3.49. The second kappa shape index (κ2) is 8.52. The number of hydrogen-bond donors (Lipinski definition) is 1. The molecule has 1 unspecified atom stereocenters. The number of anilines is 1. The highest BCUT2D eigenvalue weighted by atomic mass is 32.2. The molecule has 0 radical (unpaired) electrons. The molecule has 1 N–H and O–H groups in total. The molecule has 1 heterocycles. The van der Waals surface area contributed by atoms with Crippen LogP contribution >= 0.6 is 0 Å². The first-order valence-electron chi connectivity index (χ1n) is 9.17. The summed E-state index contributed by atoms with van der Waals surface area (Å²) in [6.45, 7) is -0.317. The highest BCUT2D eigenvalue weighted by Gasteiger charge is 2.62. The molecule has 0 amide bonds. The molecular formula is C19H17F7N2O3S. The molecule has 0 bridgehead atoms. The summed E-state index contributed by atoms with van der Waals surface area (Å²) in [4.78, 5) is 0.914. The lowest BCUT2D eigenvalue weighted by Gasteiger charge is -2.36. The first-order valence-corrected chi connectivity index (χ1v) is 10.6. The molecule has 2 aromatic carbocycles. The van der Waals surface area contributed by atoms with E-state index in [1.165, 1.54) is 17.0 Å². The van der Waals surface area contributed by atoms with Crippen molar-refractivity contribution in [2.75, 3.05) is 31.1 Å². The van der Waals surface area contributed by atoms with Gasteiger partial charge in [0.05, 0.1) is 0 Å². The van der Waals surface area contributed by atoms with Crippen molar-refractivity contribution < 1.29 is 44.3 Å². The van der Waals surface area contributed by atoms with Crippen LogP contribution in [0.2, 0.25) is 0 Å². The van der Waals surface area contributed by atoms with Gasteiger partial charge in [0, 0.05) is 37.4 Å². The van der Waals surface area contributed by atoms with Crippen molar-refractivity contribution >= 4 is 15.7 Å². The van der Waals surface area contributed by atoms with Crippen LogP contribution in [0.1, 0.15) is 5.56 Å². The van der Waals surface area contributed by atoms with Gasteiger partial charge in [0.25, 0.3) is 6.43 Å². The maximum atomic E-state index is 14.4. The molecule has 13 heteroatoms. The minimum Gasteiger partial charge on any atom is -0.372 e. The summed E-state index contributed by atoms with van der Waals surface area (Å²) >= 11 is 0. The molecule has 0 aliphatic carbocycles. The van der Waals surface area contributed by atoms with Gasteiger partial charge in [0.2, 0.25) is 15.6 Å². The zero-order chi connectivity index (χ0) is 23.9. The van der Waals surface area contributed by atoms with Gasteiger partial charge in [-0.3, -0.25) is 0 Å². The van der Waals surface area contributed by atoms with Crippen molar-refractivity contribution in [3.05, 3.63) is 59.7 Å². The second-order valence-corrected chi connectivity index (χ2v) is 8.96. The fourth-order valence-corrected chi connectivity index (χ4v) is 4.87. The Bertz CT molecular complexity index is 1090. The highest BCUT2D eigenvalue weighted by Crippen LogP contribution is 2.44. The molecule has 2 aromatic rings. The summed E-state index contributed by atoms with van der Waals surface area (Å²) in [6.07, 6.45) is -10.1. The summed E-state index contributed by atoms with van der Waals surface area (Å²) < 4.78 is 119. The van der Waals surface area contributed by atoms with Crippen LogP contribution in [-0.2, 0) is 15.6 Å². The average molecular weight is 486 g/mol. The number of benzene rings is 2. The summed E-state index contributed by atoms with van der Waals surface area (Å²) in [5.74, 6) is -2.62. The first kappa shape index (κ1) is 24.3. The standard InChI is InChI=1S/C19H17F7N2O3S/c20-14-3-1-2-4-16(14)32(30,31)28-9-7-27(8-10-28)12-5-6-13(15(21)11-12)18(29,17(22)23)19(24,25)26/h1-6,11,17,29H,7-10H2. The minimum absolute atomic E-state index is 0.00739.